The molecular formula is C18H17ClFN5O. The lowest BCUT2D eigenvalue weighted by molar-refractivity contribution is 0.406. The second kappa shape index (κ2) is 6.49. The molecule has 3 aromatic rings. The molecule has 1 aliphatic rings. The summed E-state index contributed by atoms with van der Waals surface area (Å²) >= 11 is 6.30. The third-order valence-corrected chi connectivity index (χ3v) is 4.86. The molecule has 0 bridgehead atoms. The second-order valence-corrected chi connectivity index (χ2v) is 6.51. The molecule has 0 spiro atoms. The number of anilines is 2. The van der Waals surface area contributed by atoms with E-state index >= 15 is 0 Å². The number of ether oxygens (including phenoxy) is 1. The molecule has 26 heavy (non-hydrogen) atoms. The van der Waals surface area contributed by atoms with Crippen LogP contribution in [0.4, 0.5) is 16.3 Å². The third kappa shape index (κ3) is 2.84. The van der Waals surface area contributed by atoms with Crippen molar-refractivity contribution < 1.29 is 9.13 Å². The van der Waals surface area contributed by atoms with Gasteiger partial charge in [0.05, 0.1) is 19.2 Å². The van der Waals surface area contributed by atoms with E-state index in [1.807, 2.05) is 24.3 Å². The number of hydrogen-bond donors (Lipinski definition) is 2. The molecule has 6 nitrogen and oxygen atoms in total. The van der Waals surface area contributed by atoms with Gasteiger partial charge in [-0.1, -0.05) is 29.8 Å². The number of rotatable bonds is 3. The number of halogens is 2. The largest absolute Gasteiger partial charge is 0.497 e. The van der Waals surface area contributed by atoms with Crippen LogP contribution in [-0.2, 0) is 0 Å². The summed E-state index contributed by atoms with van der Waals surface area (Å²) < 4.78 is 21.5. The highest BCUT2D eigenvalue weighted by molar-refractivity contribution is 6.31. The fraction of sp³-hybridized carbons (Fsp3) is 0.222. The average Bonchev–Trinajstić information content (AvgIpc) is 3.01. The summed E-state index contributed by atoms with van der Waals surface area (Å²) in [7, 11) is 1.62. The van der Waals surface area contributed by atoms with E-state index in [-0.39, 0.29) is 17.8 Å². The summed E-state index contributed by atoms with van der Waals surface area (Å²) in [6.07, 6.45) is 0.531. The molecule has 3 N–H and O–H groups in total. The zero-order valence-electron chi connectivity index (χ0n) is 14.0. The molecule has 2 atom stereocenters. The van der Waals surface area contributed by atoms with E-state index in [4.69, 9.17) is 22.1 Å². The van der Waals surface area contributed by atoms with E-state index < -0.39 is 6.04 Å². The Morgan fingerprint density at radius 1 is 1.31 bits per heavy atom. The fourth-order valence-corrected chi connectivity index (χ4v) is 3.63. The summed E-state index contributed by atoms with van der Waals surface area (Å²) in [5.74, 6) is 0.965. The van der Waals surface area contributed by atoms with E-state index in [2.05, 4.69) is 15.4 Å². The molecule has 0 aliphatic carbocycles. The van der Waals surface area contributed by atoms with Crippen molar-refractivity contribution in [1.82, 2.24) is 14.8 Å². The van der Waals surface area contributed by atoms with Crippen molar-refractivity contribution in [1.29, 1.82) is 0 Å². The number of fused-ring (bicyclic) bond motifs is 1. The lowest BCUT2D eigenvalue weighted by atomic mass is 9.93. The van der Waals surface area contributed by atoms with Crippen molar-refractivity contribution in [3.05, 3.63) is 64.4 Å². The number of benzene rings is 2. The summed E-state index contributed by atoms with van der Waals surface area (Å²) in [6, 6.07) is 11.8. The Morgan fingerprint density at radius 2 is 2.12 bits per heavy atom. The topological polar surface area (TPSA) is 78.0 Å². The van der Waals surface area contributed by atoms with Gasteiger partial charge in [-0.25, -0.2) is 9.07 Å². The van der Waals surface area contributed by atoms with Crippen molar-refractivity contribution in [2.24, 2.45) is 0 Å². The Kier molecular flexibility index (Phi) is 4.16. The van der Waals surface area contributed by atoms with Crippen molar-refractivity contribution in [3.63, 3.8) is 0 Å². The SMILES string of the molecule is COc1cccc([C@H]2C[C@@H](c3c(F)cccc3Cl)n3nc(N)nc3N2)c1. The van der Waals surface area contributed by atoms with Crippen LogP contribution >= 0.6 is 11.6 Å². The molecule has 0 saturated heterocycles. The van der Waals surface area contributed by atoms with Crippen LogP contribution < -0.4 is 15.8 Å². The molecule has 0 unspecified atom stereocenters. The van der Waals surface area contributed by atoms with Gasteiger partial charge < -0.3 is 15.8 Å². The van der Waals surface area contributed by atoms with E-state index in [0.717, 1.165) is 11.3 Å². The highest BCUT2D eigenvalue weighted by Gasteiger charge is 2.33. The van der Waals surface area contributed by atoms with Crippen molar-refractivity contribution in [2.45, 2.75) is 18.5 Å². The van der Waals surface area contributed by atoms with E-state index in [1.54, 1.807) is 23.9 Å². The minimum absolute atomic E-state index is 0.122. The molecule has 0 fully saturated rings. The predicted molar refractivity (Wildman–Crippen MR) is 98.0 cm³/mol. The number of hydrogen-bond acceptors (Lipinski definition) is 5. The Balaban J connectivity index is 1.80. The van der Waals surface area contributed by atoms with Crippen LogP contribution in [0.3, 0.4) is 0 Å². The summed E-state index contributed by atoms with van der Waals surface area (Å²) in [4.78, 5) is 4.23. The first-order chi connectivity index (χ1) is 12.6. The molecule has 1 aromatic heterocycles. The van der Waals surface area contributed by atoms with Gasteiger partial charge in [0.15, 0.2) is 0 Å². The standard InChI is InChI=1S/C18H17ClFN5O/c1-26-11-5-2-4-10(8-11)14-9-15(16-12(19)6-3-7-13(16)20)25-18(22-14)23-17(21)24-25/h2-8,14-15H,9H2,1H3,(H3,21,22,23,24)/t14-,15+/m1/s1. The van der Waals surface area contributed by atoms with Crippen LogP contribution in [0.15, 0.2) is 42.5 Å². The van der Waals surface area contributed by atoms with Crippen LogP contribution in [0.1, 0.15) is 29.6 Å². The van der Waals surface area contributed by atoms with E-state index in [1.165, 1.54) is 6.07 Å². The lowest BCUT2D eigenvalue weighted by Crippen LogP contribution is -2.28. The fourth-order valence-electron chi connectivity index (χ4n) is 3.34. The molecule has 2 aromatic carbocycles. The monoisotopic (exact) mass is 373 g/mol. The van der Waals surface area contributed by atoms with Gasteiger partial charge in [0, 0.05) is 10.6 Å². The summed E-state index contributed by atoms with van der Waals surface area (Å²) in [5.41, 5.74) is 7.15. The highest BCUT2D eigenvalue weighted by atomic mass is 35.5. The van der Waals surface area contributed by atoms with Gasteiger partial charge in [-0.3, -0.25) is 0 Å². The first-order valence-corrected chi connectivity index (χ1v) is 8.51. The molecule has 134 valence electrons. The molecule has 4 rings (SSSR count). The van der Waals surface area contributed by atoms with E-state index in [0.29, 0.717) is 23.0 Å². The number of aromatic nitrogens is 3. The van der Waals surface area contributed by atoms with Gasteiger partial charge in [-0.05, 0) is 36.2 Å². The molecule has 0 radical (unpaired) electrons. The zero-order chi connectivity index (χ0) is 18.3. The normalized spacial score (nSPS) is 18.9. The maximum atomic E-state index is 14.6. The second-order valence-electron chi connectivity index (χ2n) is 6.10. The Morgan fingerprint density at radius 3 is 2.88 bits per heavy atom. The molecule has 0 saturated carbocycles. The average molecular weight is 374 g/mol. The number of methoxy groups -OCH3 is 1. The lowest BCUT2D eigenvalue weighted by Gasteiger charge is -2.32. The molecule has 1 aliphatic heterocycles. The number of nitrogens with one attached hydrogen (secondary N) is 1. The van der Waals surface area contributed by atoms with Gasteiger partial charge in [-0.15, -0.1) is 5.10 Å². The van der Waals surface area contributed by atoms with Crippen LogP contribution in [0.5, 0.6) is 5.75 Å². The maximum absolute atomic E-state index is 14.6. The smallest absolute Gasteiger partial charge is 0.241 e. The Hall–Kier alpha value is -2.80. The third-order valence-electron chi connectivity index (χ3n) is 4.53. The van der Waals surface area contributed by atoms with Gasteiger partial charge in [-0.2, -0.15) is 4.98 Å². The summed E-state index contributed by atoms with van der Waals surface area (Å²) in [6.45, 7) is 0. The van der Waals surface area contributed by atoms with Crippen LogP contribution in [0, 0.1) is 5.82 Å². The van der Waals surface area contributed by atoms with Crippen molar-refractivity contribution in [3.8, 4) is 5.75 Å². The minimum Gasteiger partial charge on any atom is -0.497 e. The number of nitrogens with two attached hydrogens (primary N) is 1. The van der Waals surface area contributed by atoms with Gasteiger partial charge in [0.25, 0.3) is 0 Å². The number of nitrogens with zero attached hydrogens (tertiary/aromatic N) is 3. The van der Waals surface area contributed by atoms with E-state index in [9.17, 15) is 4.39 Å². The first kappa shape index (κ1) is 16.7. The van der Waals surface area contributed by atoms with Crippen LogP contribution in [-0.4, -0.2) is 21.9 Å². The van der Waals surface area contributed by atoms with Gasteiger partial charge >= 0.3 is 0 Å². The minimum atomic E-state index is -0.430. The van der Waals surface area contributed by atoms with Crippen LogP contribution in [0.25, 0.3) is 0 Å². The Labute approximate surface area is 154 Å². The van der Waals surface area contributed by atoms with Gasteiger partial charge in [0.1, 0.15) is 11.6 Å². The number of nitrogen functional groups attached to an aromatic ring is 1. The summed E-state index contributed by atoms with van der Waals surface area (Å²) in [5, 5.41) is 7.88. The highest BCUT2D eigenvalue weighted by Crippen LogP contribution is 2.41. The Bertz CT molecular complexity index is 940. The zero-order valence-corrected chi connectivity index (χ0v) is 14.7. The van der Waals surface area contributed by atoms with Crippen LogP contribution in [0.2, 0.25) is 5.02 Å². The maximum Gasteiger partial charge on any atom is 0.241 e. The van der Waals surface area contributed by atoms with Crippen molar-refractivity contribution in [2.75, 3.05) is 18.2 Å². The molecule has 2 heterocycles. The molecule has 8 heteroatoms. The molecular weight excluding hydrogens is 357 g/mol. The van der Waals surface area contributed by atoms with Crippen molar-refractivity contribution >= 4 is 23.5 Å². The molecule has 0 amide bonds. The first-order valence-electron chi connectivity index (χ1n) is 8.13. The predicted octanol–water partition coefficient (Wildman–Crippen LogP) is 3.81. The quantitative estimate of drug-likeness (QED) is 0.730. The van der Waals surface area contributed by atoms with Gasteiger partial charge in [0.2, 0.25) is 11.9 Å².